The summed E-state index contributed by atoms with van der Waals surface area (Å²) in [5, 5.41) is 11.6. The summed E-state index contributed by atoms with van der Waals surface area (Å²) in [6.07, 6.45) is 1.74. The molecule has 0 bridgehead atoms. The van der Waals surface area contributed by atoms with Crippen molar-refractivity contribution in [1.29, 1.82) is 0 Å². The van der Waals surface area contributed by atoms with E-state index in [4.69, 9.17) is 25.8 Å². The molecule has 0 fully saturated rings. The smallest absolute Gasteiger partial charge is 0.410 e. The number of nitrogens with zero attached hydrogens (tertiary/aromatic N) is 1. The topological polar surface area (TPSA) is 85.3 Å². The number of carbonyl (C=O) groups excluding carboxylic acids is 2. The van der Waals surface area contributed by atoms with E-state index in [-0.39, 0.29) is 12.6 Å². The summed E-state index contributed by atoms with van der Waals surface area (Å²) in [5.41, 5.74) is 2.70. The second kappa shape index (κ2) is 12.7. The van der Waals surface area contributed by atoms with Crippen LogP contribution in [0.15, 0.2) is 66.7 Å². The molecule has 0 aromatic heterocycles. The minimum Gasteiger partial charge on any atom is -0.465 e. The number of esters is 1. The van der Waals surface area contributed by atoms with Gasteiger partial charge in [-0.1, -0.05) is 29.8 Å². The lowest BCUT2D eigenvalue weighted by Gasteiger charge is -2.34. The van der Waals surface area contributed by atoms with Crippen LogP contribution in [0.2, 0.25) is 5.02 Å². The van der Waals surface area contributed by atoms with Crippen molar-refractivity contribution in [2.24, 2.45) is 0 Å². The van der Waals surface area contributed by atoms with Gasteiger partial charge >= 0.3 is 12.1 Å². The van der Waals surface area contributed by atoms with Crippen LogP contribution in [0.5, 0.6) is 11.5 Å². The highest BCUT2D eigenvalue weighted by Crippen LogP contribution is 2.31. The first-order chi connectivity index (χ1) is 19.0. The standard InChI is InChI=1S/C32H36ClNO6/c1-32(2,3)40-31(37)34(20-29(35)23-8-5-9-25(33)17-23)26-10-6-7-21-11-16-28(19-24(21)18-26)39-27-14-12-22(13-15-27)30(36)38-4/h5,8-9,11-17,19,26,29,35H,6-7,10,18,20H2,1-4H3/t26-,29-/m0/s1. The monoisotopic (exact) mass is 565 g/mol. The highest BCUT2D eigenvalue weighted by atomic mass is 35.5. The van der Waals surface area contributed by atoms with Gasteiger partial charge in [-0.15, -0.1) is 0 Å². The van der Waals surface area contributed by atoms with Gasteiger partial charge in [0.1, 0.15) is 17.1 Å². The van der Waals surface area contributed by atoms with Gasteiger partial charge in [-0.3, -0.25) is 0 Å². The molecule has 212 valence electrons. The van der Waals surface area contributed by atoms with Gasteiger partial charge in [-0.05, 0) is 112 Å². The minimum atomic E-state index is -0.920. The summed E-state index contributed by atoms with van der Waals surface area (Å²) in [5.74, 6) is 0.850. The van der Waals surface area contributed by atoms with E-state index in [9.17, 15) is 14.7 Å². The van der Waals surface area contributed by atoms with Gasteiger partial charge in [-0.2, -0.15) is 0 Å². The molecule has 1 N–H and O–H groups in total. The van der Waals surface area contributed by atoms with Crippen molar-refractivity contribution >= 4 is 23.7 Å². The fourth-order valence-corrected chi connectivity index (χ4v) is 5.06. The molecule has 3 aromatic rings. The Labute approximate surface area is 240 Å². The Kier molecular flexibility index (Phi) is 9.38. The summed E-state index contributed by atoms with van der Waals surface area (Å²) in [7, 11) is 1.34. The molecule has 4 rings (SSSR count). The van der Waals surface area contributed by atoms with Crippen LogP contribution in [0.3, 0.4) is 0 Å². The lowest BCUT2D eigenvalue weighted by molar-refractivity contribution is 0.00259. The number of methoxy groups -OCH3 is 1. The van der Waals surface area contributed by atoms with Crippen LogP contribution < -0.4 is 4.74 Å². The fraction of sp³-hybridized carbons (Fsp3) is 0.375. The Hall–Kier alpha value is -3.55. The molecule has 40 heavy (non-hydrogen) atoms. The molecular formula is C32H36ClNO6. The first kappa shape index (κ1) is 29.4. The van der Waals surface area contributed by atoms with E-state index >= 15 is 0 Å². The van der Waals surface area contributed by atoms with Crippen LogP contribution in [-0.2, 0) is 22.3 Å². The minimum absolute atomic E-state index is 0.0813. The summed E-state index contributed by atoms with van der Waals surface area (Å²) < 4.78 is 16.6. The number of aliphatic hydroxyl groups excluding tert-OH is 1. The summed E-state index contributed by atoms with van der Waals surface area (Å²) in [4.78, 5) is 26.8. The SMILES string of the molecule is COC(=O)c1ccc(Oc2ccc3c(c2)C[C@@H](N(C[C@H](O)c2cccc(Cl)c2)C(=O)OC(C)(C)C)CCC3)cc1. The van der Waals surface area contributed by atoms with Gasteiger partial charge in [0, 0.05) is 11.1 Å². The van der Waals surface area contributed by atoms with E-state index in [1.54, 1.807) is 53.4 Å². The summed E-state index contributed by atoms with van der Waals surface area (Å²) in [6, 6.07) is 19.6. The number of hydrogen-bond acceptors (Lipinski definition) is 6. The zero-order valence-electron chi connectivity index (χ0n) is 23.4. The van der Waals surface area contributed by atoms with Crippen LogP contribution in [-0.4, -0.2) is 47.4 Å². The van der Waals surface area contributed by atoms with Crippen LogP contribution >= 0.6 is 11.6 Å². The lowest BCUT2D eigenvalue weighted by atomic mass is 10.00. The molecule has 1 amide bonds. The van der Waals surface area contributed by atoms with Crippen molar-refractivity contribution in [3.05, 3.63) is 94.0 Å². The lowest BCUT2D eigenvalue weighted by Crippen LogP contribution is -2.46. The van der Waals surface area contributed by atoms with Crippen molar-refractivity contribution in [1.82, 2.24) is 4.90 Å². The number of ether oxygens (including phenoxy) is 3. The molecule has 0 saturated heterocycles. The number of rotatable bonds is 7. The van der Waals surface area contributed by atoms with Crippen molar-refractivity contribution in [2.45, 2.75) is 64.2 Å². The van der Waals surface area contributed by atoms with Gasteiger partial charge in [0.05, 0.1) is 25.3 Å². The number of aryl methyl sites for hydroxylation is 1. The molecule has 3 aromatic carbocycles. The zero-order valence-corrected chi connectivity index (χ0v) is 24.1. The first-order valence-corrected chi connectivity index (χ1v) is 13.8. The highest BCUT2D eigenvalue weighted by Gasteiger charge is 2.32. The predicted octanol–water partition coefficient (Wildman–Crippen LogP) is 7.14. The Morgan fingerprint density at radius 3 is 2.42 bits per heavy atom. The number of benzene rings is 3. The summed E-state index contributed by atoms with van der Waals surface area (Å²) in [6.45, 7) is 5.58. The van der Waals surface area contributed by atoms with E-state index in [0.717, 1.165) is 24.8 Å². The van der Waals surface area contributed by atoms with E-state index in [1.165, 1.54) is 12.7 Å². The van der Waals surface area contributed by atoms with E-state index in [1.807, 2.05) is 32.9 Å². The first-order valence-electron chi connectivity index (χ1n) is 13.4. The largest absolute Gasteiger partial charge is 0.465 e. The third kappa shape index (κ3) is 7.77. The Morgan fingerprint density at radius 1 is 1.02 bits per heavy atom. The number of hydrogen-bond donors (Lipinski definition) is 1. The second-order valence-electron chi connectivity index (χ2n) is 11.0. The highest BCUT2D eigenvalue weighted by molar-refractivity contribution is 6.30. The third-order valence-corrected chi connectivity index (χ3v) is 7.03. The number of halogens is 1. The molecule has 0 saturated carbocycles. The third-order valence-electron chi connectivity index (χ3n) is 6.80. The Morgan fingerprint density at radius 2 is 1.75 bits per heavy atom. The normalized spacial score (nSPS) is 15.8. The van der Waals surface area contributed by atoms with Gasteiger partial charge in [0.2, 0.25) is 0 Å². The maximum Gasteiger partial charge on any atom is 0.410 e. The number of aliphatic hydroxyl groups is 1. The van der Waals surface area contributed by atoms with Crippen LogP contribution in [0.4, 0.5) is 4.79 Å². The van der Waals surface area contributed by atoms with Gasteiger partial charge in [0.25, 0.3) is 0 Å². The molecule has 0 aliphatic heterocycles. The predicted molar refractivity (Wildman–Crippen MR) is 154 cm³/mol. The van der Waals surface area contributed by atoms with Crippen molar-refractivity contribution in [3.8, 4) is 11.5 Å². The molecule has 0 heterocycles. The van der Waals surface area contributed by atoms with Crippen LogP contribution in [0.1, 0.15) is 66.8 Å². The molecule has 8 heteroatoms. The molecule has 2 atom stereocenters. The molecule has 0 spiro atoms. The van der Waals surface area contributed by atoms with Gasteiger partial charge in [-0.25, -0.2) is 9.59 Å². The maximum atomic E-state index is 13.4. The maximum absolute atomic E-state index is 13.4. The average Bonchev–Trinajstić information content (AvgIpc) is 3.12. The molecule has 0 radical (unpaired) electrons. The van der Waals surface area contributed by atoms with Gasteiger partial charge in [0.15, 0.2) is 0 Å². The number of amides is 1. The van der Waals surface area contributed by atoms with Crippen molar-refractivity contribution < 1.29 is 28.9 Å². The molecule has 0 unspecified atom stereocenters. The average molecular weight is 566 g/mol. The number of fused-ring (bicyclic) bond motifs is 1. The van der Waals surface area contributed by atoms with Crippen LogP contribution in [0.25, 0.3) is 0 Å². The molecule has 7 nitrogen and oxygen atoms in total. The quantitative estimate of drug-likeness (QED) is 0.242. The zero-order chi connectivity index (χ0) is 28.9. The van der Waals surface area contributed by atoms with E-state index < -0.39 is 23.8 Å². The number of carbonyl (C=O) groups is 2. The second-order valence-corrected chi connectivity index (χ2v) is 11.4. The van der Waals surface area contributed by atoms with E-state index in [0.29, 0.717) is 34.1 Å². The van der Waals surface area contributed by atoms with Crippen molar-refractivity contribution in [3.63, 3.8) is 0 Å². The molecular weight excluding hydrogens is 530 g/mol. The summed E-state index contributed by atoms with van der Waals surface area (Å²) >= 11 is 6.15. The van der Waals surface area contributed by atoms with E-state index in [2.05, 4.69) is 6.07 Å². The van der Waals surface area contributed by atoms with Crippen LogP contribution in [0, 0.1) is 0 Å². The van der Waals surface area contributed by atoms with Crippen molar-refractivity contribution in [2.75, 3.05) is 13.7 Å². The Balaban J connectivity index is 1.56. The van der Waals surface area contributed by atoms with Gasteiger partial charge < -0.3 is 24.2 Å². The fourth-order valence-electron chi connectivity index (χ4n) is 4.86. The Bertz CT molecular complexity index is 1330. The molecule has 1 aliphatic rings. The molecule has 1 aliphatic carbocycles.